The molecule has 0 bridgehead atoms. The maximum atomic E-state index is 12.5. The minimum absolute atomic E-state index is 0.0501. The second kappa shape index (κ2) is 4.61. The van der Waals surface area contributed by atoms with Crippen LogP contribution in [0.25, 0.3) is 0 Å². The highest BCUT2D eigenvalue weighted by atomic mass is 16.1. The summed E-state index contributed by atoms with van der Waals surface area (Å²) >= 11 is 0. The Labute approximate surface area is 136 Å². The minimum atomic E-state index is 0.0501. The molecule has 0 heterocycles. The van der Waals surface area contributed by atoms with Crippen LogP contribution in [0.5, 0.6) is 0 Å². The summed E-state index contributed by atoms with van der Waals surface area (Å²) in [6, 6.07) is 0. The zero-order chi connectivity index (χ0) is 15.8. The van der Waals surface area contributed by atoms with E-state index in [1.165, 1.54) is 51.4 Å². The van der Waals surface area contributed by atoms with Crippen molar-refractivity contribution in [3.8, 4) is 0 Å². The summed E-state index contributed by atoms with van der Waals surface area (Å²) in [5.41, 5.74) is 1.14. The van der Waals surface area contributed by atoms with Gasteiger partial charge in [-0.05, 0) is 79.4 Å². The van der Waals surface area contributed by atoms with Gasteiger partial charge >= 0.3 is 0 Å². The Hall–Kier alpha value is -0.330. The third-order valence-corrected chi connectivity index (χ3v) is 9.06. The zero-order valence-electron chi connectivity index (χ0n) is 15.1. The monoisotopic (exact) mass is 302 g/mol. The molecule has 4 aliphatic rings. The quantitative estimate of drug-likeness (QED) is 0.567. The summed E-state index contributed by atoms with van der Waals surface area (Å²) < 4.78 is 0. The van der Waals surface area contributed by atoms with E-state index in [9.17, 15) is 4.79 Å². The van der Waals surface area contributed by atoms with Gasteiger partial charge in [0.2, 0.25) is 0 Å². The lowest BCUT2D eigenvalue weighted by Crippen LogP contribution is -2.56. The summed E-state index contributed by atoms with van der Waals surface area (Å²) in [5, 5.41) is 0. The van der Waals surface area contributed by atoms with Crippen molar-refractivity contribution in [3.05, 3.63) is 0 Å². The van der Waals surface area contributed by atoms with Crippen LogP contribution >= 0.6 is 0 Å². The van der Waals surface area contributed by atoms with Crippen molar-refractivity contribution >= 4 is 5.78 Å². The van der Waals surface area contributed by atoms with E-state index < -0.39 is 0 Å². The highest BCUT2D eigenvalue weighted by Crippen LogP contribution is 2.68. The highest BCUT2D eigenvalue weighted by molar-refractivity contribution is 5.87. The van der Waals surface area contributed by atoms with E-state index in [2.05, 4.69) is 27.7 Å². The van der Waals surface area contributed by atoms with Gasteiger partial charge in [-0.1, -0.05) is 34.1 Å². The number of fused-ring (bicyclic) bond motifs is 5. The lowest BCUT2D eigenvalue weighted by atomic mass is 9.42. The summed E-state index contributed by atoms with van der Waals surface area (Å²) in [4.78, 5) is 12.5. The summed E-state index contributed by atoms with van der Waals surface area (Å²) in [6.07, 6.45) is 11.7. The first kappa shape index (κ1) is 15.2. The van der Waals surface area contributed by atoms with E-state index in [4.69, 9.17) is 0 Å². The lowest BCUT2D eigenvalue weighted by Gasteiger charge is -2.63. The summed E-state index contributed by atoms with van der Waals surface area (Å²) in [6.45, 7) is 10.0. The molecule has 22 heavy (non-hydrogen) atoms. The molecule has 0 amide bonds. The molecule has 0 N–H and O–H groups in total. The molecule has 1 nitrogen and oxygen atoms in total. The average molecular weight is 303 g/mol. The fourth-order valence-corrected chi connectivity index (χ4v) is 7.97. The standard InChI is InChI=1S/C21H34O/c1-19(2)11-5-12-20(3)16-10-13-21(4)15(7-9-18(21)22)14(16)6-8-17(19)20/h14-17H,5-13H2,1-4H3/t14-,15-,16+,17?,20+,21-/m0/s1. The predicted molar refractivity (Wildman–Crippen MR) is 90.5 cm³/mol. The SMILES string of the molecule is CC1(C)CCC[C@@]2(C)C1CC[C@@H]1[C@H]2CC[C@]2(C)C(=O)CC[C@@H]12. The number of carbonyl (C=O) groups excluding carboxylic acids is 1. The maximum absolute atomic E-state index is 12.5. The fraction of sp³-hybridized carbons (Fsp3) is 0.952. The number of rotatable bonds is 0. The van der Waals surface area contributed by atoms with Crippen LogP contribution in [0.2, 0.25) is 0 Å². The van der Waals surface area contributed by atoms with Gasteiger partial charge in [-0.2, -0.15) is 0 Å². The van der Waals surface area contributed by atoms with Crippen molar-refractivity contribution in [2.45, 2.75) is 85.5 Å². The topological polar surface area (TPSA) is 17.1 Å². The van der Waals surface area contributed by atoms with Crippen LogP contribution in [0.15, 0.2) is 0 Å². The number of hydrogen-bond acceptors (Lipinski definition) is 1. The van der Waals surface area contributed by atoms with Crippen LogP contribution in [0.3, 0.4) is 0 Å². The third kappa shape index (κ3) is 1.80. The van der Waals surface area contributed by atoms with Gasteiger partial charge in [-0.15, -0.1) is 0 Å². The molecule has 0 aromatic carbocycles. The second-order valence-corrected chi connectivity index (χ2v) is 10.3. The Morgan fingerprint density at radius 3 is 2.41 bits per heavy atom. The Morgan fingerprint density at radius 1 is 0.864 bits per heavy atom. The minimum Gasteiger partial charge on any atom is -0.299 e. The smallest absolute Gasteiger partial charge is 0.139 e. The van der Waals surface area contributed by atoms with E-state index in [0.29, 0.717) is 22.5 Å². The molecule has 6 atom stereocenters. The number of ketones is 1. The van der Waals surface area contributed by atoms with Gasteiger partial charge in [0.05, 0.1) is 0 Å². The predicted octanol–water partition coefficient (Wildman–Crippen LogP) is 5.62. The summed E-state index contributed by atoms with van der Waals surface area (Å²) in [7, 11) is 0. The van der Waals surface area contributed by atoms with Crippen LogP contribution in [0.4, 0.5) is 0 Å². The zero-order valence-corrected chi connectivity index (χ0v) is 15.1. The third-order valence-electron chi connectivity index (χ3n) is 9.06. The van der Waals surface area contributed by atoms with Crippen LogP contribution in [0.1, 0.15) is 85.5 Å². The molecule has 4 saturated carbocycles. The first-order valence-corrected chi connectivity index (χ1v) is 9.82. The maximum Gasteiger partial charge on any atom is 0.139 e. The first-order valence-electron chi connectivity index (χ1n) is 9.82. The van der Waals surface area contributed by atoms with Gasteiger partial charge in [0.1, 0.15) is 5.78 Å². The molecular formula is C21H34O. The Kier molecular flexibility index (Phi) is 3.18. The van der Waals surface area contributed by atoms with E-state index in [-0.39, 0.29) is 5.41 Å². The number of Topliss-reactive ketones (excluding diaryl/α,β-unsaturated/α-hetero) is 1. The molecule has 4 aliphatic carbocycles. The van der Waals surface area contributed by atoms with Crippen molar-refractivity contribution < 1.29 is 4.79 Å². The van der Waals surface area contributed by atoms with E-state index in [0.717, 1.165) is 24.2 Å². The van der Waals surface area contributed by atoms with Crippen LogP contribution in [0, 0.1) is 39.9 Å². The average Bonchev–Trinajstić information content (AvgIpc) is 2.74. The Bertz CT molecular complexity index is 492. The van der Waals surface area contributed by atoms with E-state index in [1.807, 2.05) is 0 Å². The normalized spacial score (nSPS) is 53.5. The molecule has 0 aromatic heterocycles. The van der Waals surface area contributed by atoms with Gasteiger partial charge in [-0.25, -0.2) is 0 Å². The molecule has 0 spiro atoms. The molecule has 0 saturated heterocycles. The van der Waals surface area contributed by atoms with Crippen LogP contribution < -0.4 is 0 Å². The lowest BCUT2D eigenvalue weighted by molar-refractivity contribution is -0.151. The van der Waals surface area contributed by atoms with Crippen LogP contribution in [-0.2, 0) is 4.79 Å². The molecule has 0 radical (unpaired) electrons. The highest BCUT2D eigenvalue weighted by Gasteiger charge is 2.61. The van der Waals surface area contributed by atoms with Crippen molar-refractivity contribution in [1.82, 2.24) is 0 Å². The first-order chi connectivity index (χ1) is 10.3. The number of carbonyl (C=O) groups is 1. The van der Waals surface area contributed by atoms with E-state index >= 15 is 0 Å². The van der Waals surface area contributed by atoms with Crippen molar-refractivity contribution in [1.29, 1.82) is 0 Å². The summed E-state index contributed by atoms with van der Waals surface area (Å²) in [5.74, 6) is 3.96. The van der Waals surface area contributed by atoms with Gasteiger partial charge < -0.3 is 0 Å². The van der Waals surface area contributed by atoms with E-state index in [1.54, 1.807) is 0 Å². The van der Waals surface area contributed by atoms with Crippen LogP contribution in [-0.4, -0.2) is 5.78 Å². The van der Waals surface area contributed by atoms with Gasteiger partial charge in [0, 0.05) is 11.8 Å². The second-order valence-electron chi connectivity index (χ2n) is 10.3. The van der Waals surface area contributed by atoms with Gasteiger partial charge in [-0.3, -0.25) is 4.79 Å². The molecule has 0 aromatic rings. The molecular weight excluding hydrogens is 268 g/mol. The van der Waals surface area contributed by atoms with Crippen molar-refractivity contribution in [3.63, 3.8) is 0 Å². The molecule has 0 aliphatic heterocycles. The molecule has 1 unspecified atom stereocenters. The van der Waals surface area contributed by atoms with Gasteiger partial charge in [0.25, 0.3) is 0 Å². The fourth-order valence-electron chi connectivity index (χ4n) is 7.97. The van der Waals surface area contributed by atoms with Crippen molar-refractivity contribution in [2.75, 3.05) is 0 Å². The number of hydrogen-bond donors (Lipinski definition) is 0. The molecule has 1 heteroatoms. The Balaban J connectivity index is 1.68. The van der Waals surface area contributed by atoms with Gasteiger partial charge in [0.15, 0.2) is 0 Å². The Morgan fingerprint density at radius 2 is 1.64 bits per heavy atom. The van der Waals surface area contributed by atoms with Crippen molar-refractivity contribution in [2.24, 2.45) is 39.9 Å². The molecule has 4 rings (SSSR count). The molecule has 4 fully saturated rings. The molecule has 124 valence electrons. The largest absolute Gasteiger partial charge is 0.299 e.